The zero-order valence-electron chi connectivity index (χ0n) is 11.9. The van der Waals surface area contributed by atoms with Crippen LogP contribution in [-0.4, -0.2) is 24.1 Å². The highest BCUT2D eigenvalue weighted by atomic mass is 15.2. The molecule has 1 unspecified atom stereocenters. The van der Waals surface area contributed by atoms with Crippen molar-refractivity contribution in [3.8, 4) is 0 Å². The molecular formula is C15H25N3. The fourth-order valence-corrected chi connectivity index (χ4v) is 2.74. The van der Waals surface area contributed by atoms with Gasteiger partial charge in [0.1, 0.15) is 5.82 Å². The molecule has 100 valence electrons. The molecule has 18 heavy (non-hydrogen) atoms. The maximum absolute atomic E-state index is 4.79. The largest absolute Gasteiger partial charge is 0.354 e. The zero-order valence-corrected chi connectivity index (χ0v) is 11.9. The highest BCUT2D eigenvalue weighted by molar-refractivity contribution is 5.43. The van der Waals surface area contributed by atoms with E-state index in [2.05, 4.69) is 43.1 Å². The van der Waals surface area contributed by atoms with Gasteiger partial charge in [-0.1, -0.05) is 19.9 Å². The topological polar surface area (TPSA) is 28.2 Å². The third kappa shape index (κ3) is 2.83. The van der Waals surface area contributed by atoms with Crippen molar-refractivity contribution in [2.75, 3.05) is 18.0 Å². The Morgan fingerprint density at radius 2 is 2.22 bits per heavy atom. The first-order chi connectivity index (χ1) is 8.76. The van der Waals surface area contributed by atoms with E-state index in [0.717, 1.165) is 31.1 Å². The molecule has 0 spiro atoms. The lowest BCUT2D eigenvalue weighted by Gasteiger charge is -2.25. The Kier molecular flexibility index (Phi) is 4.59. The number of pyridine rings is 1. The summed E-state index contributed by atoms with van der Waals surface area (Å²) in [5.41, 5.74) is 2.48. The Balaban J connectivity index is 2.12. The van der Waals surface area contributed by atoms with E-state index in [1.54, 1.807) is 0 Å². The van der Waals surface area contributed by atoms with E-state index >= 15 is 0 Å². The standard InChI is InChI=1S/C15H25N3/c1-4-14-7-6-10-18(14)15-9-8-13(11-16-5-2)12(3)17-15/h8-9,14,16H,4-7,10-11H2,1-3H3. The van der Waals surface area contributed by atoms with Gasteiger partial charge in [-0.05, 0) is 44.4 Å². The summed E-state index contributed by atoms with van der Waals surface area (Å²) in [5, 5.41) is 3.36. The third-order valence-corrected chi connectivity index (χ3v) is 3.89. The number of nitrogens with one attached hydrogen (secondary N) is 1. The second-order valence-electron chi connectivity index (χ2n) is 5.09. The monoisotopic (exact) mass is 247 g/mol. The number of aryl methyl sites for hydroxylation is 1. The van der Waals surface area contributed by atoms with Gasteiger partial charge in [-0.2, -0.15) is 0 Å². The van der Waals surface area contributed by atoms with Crippen LogP contribution in [0, 0.1) is 6.92 Å². The van der Waals surface area contributed by atoms with E-state index in [4.69, 9.17) is 4.98 Å². The highest BCUT2D eigenvalue weighted by Gasteiger charge is 2.24. The molecule has 3 nitrogen and oxygen atoms in total. The molecule has 0 saturated carbocycles. The van der Waals surface area contributed by atoms with Gasteiger partial charge < -0.3 is 10.2 Å². The van der Waals surface area contributed by atoms with E-state index < -0.39 is 0 Å². The first kappa shape index (κ1) is 13.3. The van der Waals surface area contributed by atoms with Crippen molar-refractivity contribution in [3.05, 3.63) is 23.4 Å². The third-order valence-electron chi connectivity index (χ3n) is 3.89. The fourth-order valence-electron chi connectivity index (χ4n) is 2.74. The van der Waals surface area contributed by atoms with Gasteiger partial charge in [-0.3, -0.25) is 0 Å². The second kappa shape index (κ2) is 6.19. The molecule has 0 bridgehead atoms. The summed E-state index contributed by atoms with van der Waals surface area (Å²) in [7, 11) is 0. The van der Waals surface area contributed by atoms with Gasteiger partial charge in [0.05, 0.1) is 0 Å². The second-order valence-corrected chi connectivity index (χ2v) is 5.09. The van der Waals surface area contributed by atoms with Crippen LogP contribution in [0.3, 0.4) is 0 Å². The summed E-state index contributed by atoms with van der Waals surface area (Å²) in [4.78, 5) is 7.27. The van der Waals surface area contributed by atoms with Gasteiger partial charge in [0.15, 0.2) is 0 Å². The van der Waals surface area contributed by atoms with Crippen LogP contribution in [-0.2, 0) is 6.54 Å². The molecule has 3 heteroatoms. The van der Waals surface area contributed by atoms with Crippen molar-refractivity contribution < 1.29 is 0 Å². The minimum Gasteiger partial charge on any atom is -0.354 e. The number of nitrogens with zero attached hydrogens (tertiary/aromatic N) is 2. The van der Waals surface area contributed by atoms with E-state index in [0.29, 0.717) is 6.04 Å². The molecule has 1 atom stereocenters. The first-order valence-corrected chi connectivity index (χ1v) is 7.20. The van der Waals surface area contributed by atoms with Gasteiger partial charge in [0.2, 0.25) is 0 Å². The Morgan fingerprint density at radius 1 is 1.39 bits per heavy atom. The molecule has 1 aromatic heterocycles. The molecule has 0 aromatic carbocycles. The molecule has 1 aliphatic rings. The number of hydrogen-bond donors (Lipinski definition) is 1. The van der Waals surface area contributed by atoms with Crippen LogP contribution >= 0.6 is 0 Å². The van der Waals surface area contributed by atoms with E-state index in [9.17, 15) is 0 Å². The van der Waals surface area contributed by atoms with Gasteiger partial charge in [0, 0.05) is 24.8 Å². The predicted octanol–water partition coefficient (Wildman–Crippen LogP) is 2.88. The van der Waals surface area contributed by atoms with Gasteiger partial charge >= 0.3 is 0 Å². The van der Waals surface area contributed by atoms with Gasteiger partial charge in [0.25, 0.3) is 0 Å². The summed E-state index contributed by atoms with van der Waals surface area (Å²) in [6.07, 6.45) is 3.84. The number of rotatable bonds is 5. The van der Waals surface area contributed by atoms with Crippen LogP contribution in [0.15, 0.2) is 12.1 Å². The van der Waals surface area contributed by atoms with E-state index in [1.165, 1.54) is 24.8 Å². The summed E-state index contributed by atoms with van der Waals surface area (Å²) in [6, 6.07) is 5.11. The highest BCUT2D eigenvalue weighted by Crippen LogP contribution is 2.26. The summed E-state index contributed by atoms with van der Waals surface area (Å²) in [5.74, 6) is 1.16. The molecular weight excluding hydrogens is 222 g/mol. The molecule has 0 aliphatic carbocycles. The number of anilines is 1. The Morgan fingerprint density at radius 3 is 2.89 bits per heavy atom. The SMILES string of the molecule is CCNCc1ccc(N2CCCC2CC)nc1C. The van der Waals surface area contributed by atoms with Crippen LogP contribution < -0.4 is 10.2 Å². The maximum Gasteiger partial charge on any atom is 0.129 e. The van der Waals surface area contributed by atoms with E-state index in [-0.39, 0.29) is 0 Å². The zero-order chi connectivity index (χ0) is 13.0. The quantitative estimate of drug-likeness (QED) is 0.867. The maximum atomic E-state index is 4.79. The molecule has 1 fully saturated rings. The number of hydrogen-bond acceptors (Lipinski definition) is 3. The normalized spacial score (nSPS) is 19.5. The lowest BCUT2D eigenvalue weighted by molar-refractivity contribution is 0.639. The predicted molar refractivity (Wildman–Crippen MR) is 77.0 cm³/mol. The van der Waals surface area contributed by atoms with Crippen LogP contribution in [0.4, 0.5) is 5.82 Å². The summed E-state index contributed by atoms with van der Waals surface area (Å²) < 4.78 is 0. The van der Waals surface area contributed by atoms with Gasteiger partial charge in [-0.25, -0.2) is 4.98 Å². The lowest BCUT2D eigenvalue weighted by atomic mass is 10.1. The number of aromatic nitrogens is 1. The average Bonchev–Trinajstić information content (AvgIpc) is 2.85. The van der Waals surface area contributed by atoms with Crippen molar-refractivity contribution in [2.24, 2.45) is 0 Å². The van der Waals surface area contributed by atoms with Crippen LogP contribution in [0.25, 0.3) is 0 Å². The van der Waals surface area contributed by atoms with E-state index in [1.807, 2.05) is 0 Å². The Hall–Kier alpha value is -1.09. The molecule has 1 aliphatic heterocycles. The smallest absolute Gasteiger partial charge is 0.129 e. The average molecular weight is 247 g/mol. The molecule has 0 amide bonds. The van der Waals surface area contributed by atoms with Crippen molar-refractivity contribution in [1.82, 2.24) is 10.3 Å². The van der Waals surface area contributed by atoms with Gasteiger partial charge in [-0.15, -0.1) is 0 Å². The lowest BCUT2D eigenvalue weighted by Crippen LogP contribution is -2.29. The Labute approximate surface area is 111 Å². The fraction of sp³-hybridized carbons (Fsp3) is 0.667. The van der Waals surface area contributed by atoms with Crippen LogP contribution in [0.2, 0.25) is 0 Å². The Bertz CT molecular complexity index is 389. The molecule has 1 N–H and O–H groups in total. The molecule has 2 heterocycles. The molecule has 0 radical (unpaired) electrons. The van der Waals surface area contributed by atoms with Crippen molar-refractivity contribution in [2.45, 2.75) is 52.6 Å². The minimum absolute atomic E-state index is 0.691. The molecule has 2 rings (SSSR count). The van der Waals surface area contributed by atoms with Crippen molar-refractivity contribution in [3.63, 3.8) is 0 Å². The summed E-state index contributed by atoms with van der Waals surface area (Å²) in [6.45, 7) is 9.62. The van der Waals surface area contributed by atoms with Crippen LogP contribution in [0.5, 0.6) is 0 Å². The van der Waals surface area contributed by atoms with Crippen LogP contribution in [0.1, 0.15) is 44.4 Å². The summed E-state index contributed by atoms with van der Waals surface area (Å²) >= 11 is 0. The minimum atomic E-state index is 0.691. The first-order valence-electron chi connectivity index (χ1n) is 7.20. The van der Waals surface area contributed by atoms with Crippen molar-refractivity contribution >= 4 is 5.82 Å². The molecule has 1 saturated heterocycles. The van der Waals surface area contributed by atoms with Crippen molar-refractivity contribution in [1.29, 1.82) is 0 Å². The molecule has 1 aromatic rings.